The number of amidine groups is 1. The Morgan fingerprint density at radius 2 is 1.82 bits per heavy atom. The number of likely N-dealkylation sites (N-methyl/N-ethyl adjacent to an activating group) is 1. The molecule has 2 aliphatic rings. The van der Waals surface area contributed by atoms with Gasteiger partial charge < -0.3 is 24.0 Å². The highest BCUT2D eigenvalue weighted by molar-refractivity contribution is 6.06. The second-order valence-corrected chi connectivity index (χ2v) is 10.1. The lowest BCUT2D eigenvalue weighted by atomic mass is 9.78. The van der Waals surface area contributed by atoms with E-state index in [9.17, 15) is 9.59 Å². The second kappa shape index (κ2) is 10.6. The van der Waals surface area contributed by atoms with Gasteiger partial charge in [0.05, 0.1) is 38.3 Å². The van der Waals surface area contributed by atoms with Gasteiger partial charge in [0.15, 0.2) is 23.1 Å². The number of nitrogens with zero attached hydrogens (tertiary/aromatic N) is 2. The van der Waals surface area contributed by atoms with E-state index in [2.05, 4.69) is 18.7 Å². The van der Waals surface area contributed by atoms with Gasteiger partial charge in [0, 0.05) is 36.3 Å². The molecule has 4 rings (SSSR count). The number of halogens is 1. The number of carbonyl (C=O) groups is 2. The minimum absolute atomic E-state index is 0.00614. The Bertz CT molecular complexity index is 1280. The highest BCUT2D eigenvalue weighted by Crippen LogP contribution is 2.46. The third kappa shape index (κ3) is 4.70. The summed E-state index contributed by atoms with van der Waals surface area (Å²) in [6.45, 7) is 10.6. The average molecular weight is 526 g/mol. The van der Waals surface area contributed by atoms with E-state index in [-0.39, 0.29) is 61.1 Å². The van der Waals surface area contributed by atoms with Crippen molar-refractivity contribution in [3.63, 3.8) is 0 Å². The summed E-state index contributed by atoms with van der Waals surface area (Å²) in [6, 6.07) is 7.15. The van der Waals surface area contributed by atoms with E-state index in [4.69, 9.17) is 19.6 Å². The number of fused-ring (bicyclic) bond motifs is 2. The largest absolute Gasteiger partial charge is 0.490 e. The third-order valence-corrected chi connectivity index (χ3v) is 7.46. The van der Waals surface area contributed by atoms with Gasteiger partial charge in [-0.15, -0.1) is 0 Å². The number of ketones is 1. The standard InChI is InChI=1S/C29H36FN3O5/c1-7-36-22-13-18-15-33(28(31)25(18)26(30)27(22)38-9-3)16-21(34)17-10-11-20-19(12-17)29(4,5)23(32(20)6)14-24(35)37-8-2/h10-13,23,31H,7-9,14-16H2,1-6H3. The van der Waals surface area contributed by atoms with Crippen LogP contribution < -0.4 is 14.4 Å². The minimum atomic E-state index is -0.636. The molecule has 204 valence electrons. The van der Waals surface area contributed by atoms with Crippen LogP contribution in [0.5, 0.6) is 11.5 Å². The van der Waals surface area contributed by atoms with Gasteiger partial charge in [0.1, 0.15) is 5.84 Å². The molecule has 1 unspecified atom stereocenters. The fourth-order valence-corrected chi connectivity index (χ4v) is 5.56. The summed E-state index contributed by atoms with van der Waals surface area (Å²) in [6.07, 6.45) is 0.248. The summed E-state index contributed by atoms with van der Waals surface area (Å²) in [4.78, 5) is 29.3. The zero-order valence-electron chi connectivity index (χ0n) is 22.9. The molecule has 0 aliphatic carbocycles. The van der Waals surface area contributed by atoms with Crippen molar-refractivity contribution in [1.29, 1.82) is 5.41 Å². The van der Waals surface area contributed by atoms with E-state index in [1.807, 2.05) is 26.1 Å². The quantitative estimate of drug-likeness (QED) is 0.355. The molecular weight excluding hydrogens is 489 g/mol. The zero-order chi connectivity index (χ0) is 27.8. The molecule has 2 aromatic carbocycles. The van der Waals surface area contributed by atoms with Gasteiger partial charge in [0.25, 0.3) is 0 Å². The number of esters is 1. The summed E-state index contributed by atoms with van der Waals surface area (Å²) < 4.78 is 31.6. The van der Waals surface area contributed by atoms with Gasteiger partial charge in [-0.1, -0.05) is 13.8 Å². The number of rotatable bonds is 10. The lowest BCUT2D eigenvalue weighted by Gasteiger charge is -2.31. The van der Waals surface area contributed by atoms with Crippen molar-refractivity contribution in [2.45, 2.75) is 59.0 Å². The van der Waals surface area contributed by atoms with Crippen LogP contribution in [0.25, 0.3) is 0 Å². The summed E-state index contributed by atoms with van der Waals surface area (Å²) >= 11 is 0. The Morgan fingerprint density at radius 1 is 1.11 bits per heavy atom. The molecule has 0 fully saturated rings. The van der Waals surface area contributed by atoms with E-state index in [1.165, 1.54) is 0 Å². The van der Waals surface area contributed by atoms with Crippen LogP contribution >= 0.6 is 0 Å². The molecule has 2 heterocycles. The SMILES string of the molecule is CCOC(=O)CC1N(C)c2ccc(C(=O)CN3Cc4cc(OCC)c(OCC)c(F)c4C3=N)cc2C1(C)C. The first kappa shape index (κ1) is 27.4. The molecule has 0 saturated carbocycles. The van der Waals surface area contributed by atoms with E-state index >= 15 is 4.39 Å². The number of benzene rings is 2. The topological polar surface area (TPSA) is 92.2 Å². The molecule has 1 atom stereocenters. The Labute approximate surface area is 223 Å². The Morgan fingerprint density at radius 3 is 2.47 bits per heavy atom. The fourth-order valence-electron chi connectivity index (χ4n) is 5.56. The maximum Gasteiger partial charge on any atom is 0.307 e. The molecule has 1 N–H and O–H groups in total. The molecule has 0 bridgehead atoms. The molecule has 9 heteroatoms. The van der Waals surface area contributed by atoms with Crippen LogP contribution in [0.15, 0.2) is 24.3 Å². The lowest BCUT2D eigenvalue weighted by molar-refractivity contribution is -0.143. The number of ether oxygens (including phenoxy) is 3. The Kier molecular flexibility index (Phi) is 7.67. The van der Waals surface area contributed by atoms with Gasteiger partial charge >= 0.3 is 5.97 Å². The molecule has 0 radical (unpaired) electrons. The van der Waals surface area contributed by atoms with Crippen molar-refractivity contribution in [3.05, 3.63) is 52.3 Å². The van der Waals surface area contributed by atoms with Crippen LogP contribution in [0.1, 0.15) is 68.1 Å². The van der Waals surface area contributed by atoms with Gasteiger partial charge in [-0.05, 0) is 56.2 Å². The van der Waals surface area contributed by atoms with Crippen molar-refractivity contribution in [3.8, 4) is 11.5 Å². The Balaban J connectivity index is 1.56. The van der Waals surface area contributed by atoms with Crippen molar-refractivity contribution in [1.82, 2.24) is 4.90 Å². The zero-order valence-corrected chi connectivity index (χ0v) is 22.9. The van der Waals surface area contributed by atoms with Crippen LogP contribution in [-0.2, 0) is 21.5 Å². The third-order valence-electron chi connectivity index (χ3n) is 7.46. The molecule has 0 saturated heterocycles. The molecule has 38 heavy (non-hydrogen) atoms. The van der Waals surface area contributed by atoms with Gasteiger partial charge in [0.2, 0.25) is 0 Å². The normalized spacial score (nSPS) is 17.3. The smallest absolute Gasteiger partial charge is 0.307 e. The number of Topliss-reactive ketones (excluding diaryl/α,β-unsaturated/α-hetero) is 1. The molecule has 0 spiro atoms. The number of anilines is 1. The van der Waals surface area contributed by atoms with Crippen LogP contribution in [0.3, 0.4) is 0 Å². The minimum Gasteiger partial charge on any atom is -0.490 e. The highest BCUT2D eigenvalue weighted by Gasteiger charge is 2.44. The van der Waals surface area contributed by atoms with Gasteiger partial charge in [-0.3, -0.25) is 15.0 Å². The maximum atomic E-state index is 15.4. The fraction of sp³-hybridized carbons (Fsp3) is 0.483. The highest BCUT2D eigenvalue weighted by atomic mass is 19.1. The molecule has 2 aliphatic heterocycles. The maximum absolute atomic E-state index is 15.4. The van der Waals surface area contributed by atoms with Gasteiger partial charge in [-0.2, -0.15) is 0 Å². The summed E-state index contributed by atoms with van der Waals surface area (Å²) in [5.41, 5.74) is 2.80. The summed E-state index contributed by atoms with van der Waals surface area (Å²) in [5.74, 6) is -0.815. The van der Waals surface area contributed by atoms with Crippen molar-refractivity contribution >= 4 is 23.3 Å². The summed E-state index contributed by atoms with van der Waals surface area (Å²) in [7, 11) is 1.95. The number of carbonyl (C=O) groups excluding carboxylic acids is 2. The lowest BCUT2D eigenvalue weighted by Crippen LogP contribution is -2.41. The molecular formula is C29H36FN3O5. The average Bonchev–Trinajstić information content (AvgIpc) is 3.27. The predicted molar refractivity (Wildman–Crippen MR) is 143 cm³/mol. The van der Waals surface area contributed by atoms with E-state index < -0.39 is 11.2 Å². The van der Waals surface area contributed by atoms with E-state index in [0.717, 1.165) is 11.3 Å². The van der Waals surface area contributed by atoms with Crippen molar-refractivity contribution in [2.24, 2.45) is 0 Å². The van der Waals surface area contributed by atoms with E-state index in [0.29, 0.717) is 30.1 Å². The predicted octanol–water partition coefficient (Wildman–Crippen LogP) is 4.70. The van der Waals surface area contributed by atoms with E-state index in [1.54, 1.807) is 30.9 Å². The number of hydrogen-bond donors (Lipinski definition) is 1. The van der Waals surface area contributed by atoms with Crippen LogP contribution in [0.4, 0.5) is 10.1 Å². The first-order valence-corrected chi connectivity index (χ1v) is 13.1. The van der Waals surface area contributed by atoms with Crippen LogP contribution in [0, 0.1) is 11.2 Å². The van der Waals surface area contributed by atoms with Crippen molar-refractivity contribution < 1.29 is 28.2 Å². The molecule has 8 nitrogen and oxygen atoms in total. The van der Waals surface area contributed by atoms with Crippen LogP contribution in [-0.4, -0.2) is 61.9 Å². The second-order valence-electron chi connectivity index (χ2n) is 10.1. The number of nitrogens with one attached hydrogen (secondary N) is 1. The monoisotopic (exact) mass is 525 g/mol. The summed E-state index contributed by atoms with van der Waals surface area (Å²) in [5, 5.41) is 8.61. The first-order valence-electron chi connectivity index (χ1n) is 13.1. The molecule has 0 aromatic heterocycles. The van der Waals surface area contributed by atoms with Gasteiger partial charge in [-0.25, -0.2) is 4.39 Å². The molecule has 0 amide bonds. The van der Waals surface area contributed by atoms with Crippen molar-refractivity contribution in [2.75, 3.05) is 38.3 Å². The Hall–Kier alpha value is -3.62. The molecule has 2 aromatic rings. The first-order chi connectivity index (χ1) is 18.0. The number of hydrogen-bond acceptors (Lipinski definition) is 7. The van der Waals surface area contributed by atoms with Crippen LogP contribution in [0.2, 0.25) is 0 Å².